The van der Waals surface area contributed by atoms with Crippen molar-refractivity contribution in [2.75, 3.05) is 14.2 Å². The van der Waals surface area contributed by atoms with Gasteiger partial charge in [0.1, 0.15) is 0 Å². The van der Waals surface area contributed by atoms with Gasteiger partial charge in [-0.1, -0.05) is 77.8 Å². The topological polar surface area (TPSA) is 52.6 Å². The molecule has 0 heterocycles. The number of allylic oxidation sites excluding steroid dienone is 1. The summed E-state index contributed by atoms with van der Waals surface area (Å²) in [6.45, 7) is 5.91. The third-order valence-electron chi connectivity index (χ3n) is 5.39. The zero-order chi connectivity index (χ0) is 22.1. The van der Waals surface area contributed by atoms with E-state index in [1.54, 1.807) is 0 Å². The zero-order valence-electron chi connectivity index (χ0n) is 17.8. The first kappa shape index (κ1) is 23.7. The third kappa shape index (κ3) is 5.73. The van der Waals surface area contributed by atoms with Gasteiger partial charge < -0.3 is 9.47 Å². The van der Waals surface area contributed by atoms with E-state index in [0.29, 0.717) is 6.42 Å². The van der Waals surface area contributed by atoms with Crippen LogP contribution in [-0.4, -0.2) is 31.0 Å². The molecule has 160 valence electrons. The van der Waals surface area contributed by atoms with Crippen LogP contribution in [0.4, 0.5) is 0 Å². The van der Waals surface area contributed by atoms with Crippen molar-refractivity contribution in [2.24, 2.45) is 0 Å². The van der Waals surface area contributed by atoms with Crippen LogP contribution in [0.1, 0.15) is 47.8 Å². The normalized spacial score (nSPS) is 13.2. The number of benzene rings is 2. The van der Waals surface area contributed by atoms with E-state index in [1.807, 2.05) is 55.5 Å². The average molecular weight is 429 g/mol. The van der Waals surface area contributed by atoms with Gasteiger partial charge in [0.05, 0.1) is 14.2 Å². The molecule has 4 nitrogen and oxygen atoms in total. The van der Waals surface area contributed by atoms with Gasteiger partial charge in [-0.3, -0.25) is 0 Å². The molecule has 5 heteroatoms. The van der Waals surface area contributed by atoms with Crippen LogP contribution < -0.4 is 0 Å². The second-order valence-electron chi connectivity index (χ2n) is 7.46. The highest BCUT2D eigenvalue weighted by molar-refractivity contribution is 6.44. The number of ether oxygens (including phenoxy) is 2. The number of carbonyl (C=O) groups excluding carboxylic acids is 2. The quantitative estimate of drug-likeness (QED) is 0.216. The van der Waals surface area contributed by atoms with Gasteiger partial charge in [0.15, 0.2) is 0 Å². The number of carbonyl (C=O) groups is 2. The molecule has 0 spiro atoms. The Labute approximate surface area is 183 Å². The molecule has 2 aromatic carbocycles. The van der Waals surface area contributed by atoms with E-state index in [0.717, 1.165) is 17.5 Å². The van der Waals surface area contributed by atoms with Gasteiger partial charge >= 0.3 is 11.9 Å². The van der Waals surface area contributed by atoms with Crippen LogP contribution >= 0.6 is 11.6 Å². The van der Waals surface area contributed by atoms with Crippen LogP contribution in [0.15, 0.2) is 67.3 Å². The molecule has 0 amide bonds. The Hall–Kier alpha value is -2.59. The molecule has 0 aliphatic rings. The summed E-state index contributed by atoms with van der Waals surface area (Å²) in [5, 5.41) is 0. The summed E-state index contributed by atoms with van der Waals surface area (Å²) in [7, 11) is 2.43. The van der Waals surface area contributed by atoms with Gasteiger partial charge in [0, 0.05) is 0 Å². The highest BCUT2D eigenvalue weighted by Crippen LogP contribution is 2.40. The van der Waals surface area contributed by atoms with Crippen LogP contribution in [0, 0.1) is 6.92 Å². The second-order valence-corrected chi connectivity index (χ2v) is 8.11. The highest BCUT2D eigenvalue weighted by atomic mass is 35.5. The van der Waals surface area contributed by atoms with Crippen molar-refractivity contribution in [2.45, 2.75) is 42.9 Å². The van der Waals surface area contributed by atoms with E-state index in [1.165, 1.54) is 19.8 Å². The van der Waals surface area contributed by atoms with Crippen molar-refractivity contribution in [1.29, 1.82) is 0 Å². The monoisotopic (exact) mass is 428 g/mol. The SMILES string of the molecule is C=CCC(CC(CC(Cl)(C(=O)OC)C(=O)OC)c1ccc(C)cc1)c1ccccc1. The minimum absolute atomic E-state index is 0.0669. The Bertz CT molecular complexity index is 829. The van der Waals surface area contributed by atoms with Crippen molar-refractivity contribution in [3.63, 3.8) is 0 Å². The first-order valence-electron chi connectivity index (χ1n) is 9.93. The lowest BCUT2D eigenvalue weighted by molar-refractivity contribution is -0.157. The summed E-state index contributed by atoms with van der Waals surface area (Å²) in [6.07, 6.45) is 3.40. The van der Waals surface area contributed by atoms with Gasteiger partial charge in [-0.25, -0.2) is 9.59 Å². The first-order chi connectivity index (χ1) is 14.3. The molecule has 0 aliphatic heterocycles. The van der Waals surface area contributed by atoms with E-state index in [2.05, 4.69) is 18.7 Å². The summed E-state index contributed by atoms with van der Waals surface area (Å²) < 4.78 is 9.69. The molecule has 30 heavy (non-hydrogen) atoms. The maximum Gasteiger partial charge on any atom is 0.338 e. The summed E-state index contributed by atoms with van der Waals surface area (Å²) in [5.41, 5.74) is 3.30. The van der Waals surface area contributed by atoms with Crippen LogP contribution in [0.2, 0.25) is 0 Å². The highest BCUT2D eigenvalue weighted by Gasteiger charge is 2.48. The standard InChI is InChI=1S/C25H29ClO4/c1-5-9-21(19-10-7-6-8-11-19)16-22(20-14-12-18(2)13-15-20)17-25(26,23(27)29-3)24(28)30-4/h5-8,10-15,21-22H,1,9,16-17H2,2-4H3. The molecule has 2 rings (SSSR count). The number of halogens is 1. The Kier molecular flexibility index (Phi) is 8.67. The molecule has 0 fully saturated rings. The smallest absolute Gasteiger partial charge is 0.338 e. The molecule has 2 aromatic rings. The number of rotatable bonds is 10. The fourth-order valence-corrected chi connectivity index (χ4v) is 4.07. The van der Waals surface area contributed by atoms with Crippen molar-refractivity contribution in [1.82, 2.24) is 0 Å². The largest absolute Gasteiger partial charge is 0.467 e. The van der Waals surface area contributed by atoms with Crippen molar-refractivity contribution >= 4 is 23.5 Å². The minimum Gasteiger partial charge on any atom is -0.467 e. The summed E-state index contributed by atoms with van der Waals surface area (Å²) in [5.74, 6) is -1.64. The maximum absolute atomic E-state index is 12.5. The van der Waals surface area contributed by atoms with Gasteiger partial charge in [-0.2, -0.15) is 0 Å². The predicted octanol–water partition coefficient (Wildman–Crippen LogP) is 5.54. The minimum atomic E-state index is -1.91. The fourth-order valence-electron chi connectivity index (χ4n) is 3.73. The van der Waals surface area contributed by atoms with E-state index < -0.39 is 16.8 Å². The first-order valence-corrected chi connectivity index (χ1v) is 10.3. The zero-order valence-corrected chi connectivity index (χ0v) is 18.5. The lowest BCUT2D eigenvalue weighted by Gasteiger charge is -2.29. The Morgan fingerprint density at radius 1 is 0.967 bits per heavy atom. The Balaban J connectivity index is 2.45. The number of esters is 2. The molecular formula is C25H29ClO4. The van der Waals surface area contributed by atoms with Crippen LogP contribution in [-0.2, 0) is 19.1 Å². The molecule has 0 saturated heterocycles. The van der Waals surface area contributed by atoms with E-state index >= 15 is 0 Å². The van der Waals surface area contributed by atoms with Crippen molar-refractivity contribution in [3.05, 3.63) is 83.9 Å². The Morgan fingerprint density at radius 3 is 2.00 bits per heavy atom. The summed E-state index contributed by atoms with van der Waals surface area (Å²) >= 11 is 6.55. The molecule has 0 aliphatic carbocycles. The third-order valence-corrected chi connectivity index (χ3v) is 5.85. The predicted molar refractivity (Wildman–Crippen MR) is 120 cm³/mol. The van der Waals surface area contributed by atoms with Crippen LogP contribution in [0.3, 0.4) is 0 Å². The molecule has 0 aromatic heterocycles. The average Bonchev–Trinajstić information content (AvgIpc) is 2.78. The lowest BCUT2D eigenvalue weighted by atomic mass is 9.78. The molecule has 0 bridgehead atoms. The fraction of sp³-hybridized carbons (Fsp3) is 0.360. The van der Waals surface area contributed by atoms with Gasteiger partial charge in [0.2, 0.25) is 4.87 Å². The van der Waals surface area contributed by atoms with Crippen molar-refractivity contribution in [3.8, 4) is 0 Å². The molecule has 2 unspecified atom stereocenters. The number of hydrogen-bond donors (Lipinski definition) is 0. The lowest BCUT2D eigenvalue weighted by Crippen LogP contribution is -2.44. The van der Waals surface area contributed by atoms with Gasteiger partial charge in [-0.15, -0.1) is 6.58 Å². The number of methoxy groups -OCH3 is 2. The molecular weight excluding hydrogens is 400 g/mol. The molecule has 2 atom stereocenters. The maximum atomic E-state index is 12.5. The molecule has 0 N–H and O–H groups in total. The van der Waals surface area contributed by atoms with Crippen LogP contribution in [0.5, 0.6) is 0 Å². The molecule has 0 saturated carbocycles. The van der Waals surface area contributed by atoms with E-state index in [-0.39, 0.29) is 18.3 Å². The number of alkyl halides is 1. The van der Waals surface area contributed by atoms with Gasteiger partial charge in [0.25, 0.3) is 0 Å². The van der Waals surface area contributed by atoms with Crippen molar-refractivity contribution < 1.29 is 19.1 Å². The number of aryl methyl sites for hydroxylation is 1. The summed E-state index contributed by atoms with van der Waals surface area (Å²) in [6, 6.07) is 18.2. The van der Waals surface area contributed by atoms with Gasteiger partial charge in [-0.05, 0) is 49.1 Å². The van der Waals surface area contributed by atoms with E-state index in [9.17, 15) is 9.59 Å². The van der Waals surface area contributed by atoms with Crippen LogP contribution in [0.25, 0.3) is 0 Å². The molecule has 0 radical (unpaired) electrons. The summed E-state index contributed by atoms with van der Waals surface area (Å²) in [4.78, 5) is 23.0. The van der Waals surface area contributed by atoms with E-state index in [4.69, 9.17) is 21.1 Å². The second kappa shape index (κ2) is 11.0. The number of hydrogen-bond acceptors (Lipinski definition) is 4. The Morgan fingerprint density at radius 2 is 1.50 bits per heavy atom.